The van der Waals surface area contributed by atoms with Crippen LogP contribution in [0.4, 0.5) is 0 Å². The first-order valence-electron chi connectivity index (χ1n) is 5.45. The third-order valence-electron chi connectivity index (χ3n) is 2.54. The van der Waals surface area contributed by atoms with Crippen molar-refractivity contribution in [2.75, 3.05) is 0 Å². The van der Waals surface area contributed by atoms with Gasteiger partial charge < -0.3 is 0 Å². The summed E-state index contributed by atoms with van der Waals surface area (Å²) in [6.45, 7) is 8.36. The summed E-state index contributed by atoms with van der Waals surface area (Å²) in [4.78, 5) is 4.62. The Labute approximate surface area is 92.6 Å². The van der Waals surface area contributed by atoms with E-state index >= 15 is 0 Å². The molecule has 0 radical (unpaired) electrons. The minimum Gasteiger partial charge on any atom is -0.258 e. The van der Waals surface area contributed by atoms with E-state index in [4.69, 9.17) is 0 Å². The molecule has 15 heavy (non-hydrogen) atoms. The molecule has 0 aliphatic rings. The van der Waals surface area contributed by atoms with Crippen molar-refractivity contribution in [1.29, 1.82) is 0 Å². The van der Waals surface area contributed by atoms with E-state index in [1.54, 1.807) is 0 Å². The molecule has 80 valence electrons. The smallest absolute Gasteiger partial charge is 0.0450 e. The van der Waals surface area contributed by atoms with Crippen molar-refractivity contribution >= 4 is 5.71 Å². The predicted molar refractivity (Wildman–Crippen MR) is 67.4 cm³/mol. The van der Waals surface area contributed by atoms with Gasteiger partial charge in [-0.1, -0.05) is 37.3 Å². The average molecular weight is 201 g/mol. The highest BCUT2D eigenvalue weighted by Crippen LogP contribution is 2.11. The van der Waals surface area contributed by atoms with E-state index in [9.17, 15) is 0 Å². The lowest BCUT2D eigenvalue weighted by Gasteiger charge is -2.05. The average Bonchev–Trinajstić information content (AvgIpc) is 2.26. The Morgan fingerprint density at radius 3 is 2.53 bits per heavy atom. The first-order chi connectivity index (χ1) is 7.19. The van der Waals surface area contributed by atoms with Crippen molar-refractivity contribution in [2.45, 2.75) is 34.1 Å². The molecule has 0 unspecified atom stereocenters. The summed E-state index contributed by atoms with van der Waals surface area (Å²) in [6.07, 6.45) is 3.06. The normalized spacial score (nSPS) is 13.1. The molecule has 0 fully saturated rings. The Bertz CT molecular complexity index is 386. The summed E-state index contributed by atoms with van der Waals surface area (Å²) in [5, 5.41) is 0. The largest absolute Gasteiger partial charge is 0.258 e. The van der Waals surface area contributed by atoms with Gasteiger partial charge in [0.2, 0.25) is 0 Å². The number of aryl methyl sites for hydroxylation is 1. The first kappa shape index (κ1) is 11.7. The summed E-state index contributed by atoms with van der Waals surface area (Å²) in [5.41, 5.74) is 4.77. The molecule has 1 aromatic carbocycles. The van der Waals surface area contributed by atoms with Crippen LogP contribution in [0.5, 0.6) is 0 Å². The number of hydrogen-bond donors (Lipinski definition) is 0. The van der Waals surface area contributed by atoms with Gasteiger partial charge in [0.05, 0.1) is 0 Å². The van der Waals surface area contributed by atoms with Gasteiger partial charge in [0.15, 0.2) is 0 Å². The summed E-state index contributed by atoms with van der Waals surface area (Å²) in [7, 11) is 0. The van der Waals surface area contributed by atoms with Crippen LogP contribution < -0.4 is 0 Å². The molecule has 0 amide bonds. The van der Waals surface area contributed by atoms with Crippen molar-refractivity contribution in [3.8, 4) is 0 Å². The lowest BCUT2D eigenvalue weighted by molar-refractivity contribution is 1.06. The minimum atomic E-state index is 0.986. The molecule has 0 aromatic heterocycles. The van der Waals surface area contributed by atoms with Gasteiger partial charge in [-0.15, -0.1) is 0 Å². The fraction of sp³-hybridized carbons (Fsp3) is 0.357. The zero-order valence-corrected chi connectivity index (χ0v) is 10.0. The van der Waals surface area contributed by atoms with Gasteiger partial charge in [0.25, 0.3) is 0 Å². The van der Waals surface area contributed by atoms with Gasteiger partial charge in [-0.05, 0) is 38.3 Å². The molecular formula is C14H19N. The third kappa shape index (κ3) is 3.05. The van der Waals surface area contributed by atoms with E-state index < -0.39 is 0 Å². The SMILES string of the molecule is C/C=C(/CC)N=C(C)c1ccccc1C. The Hall–Kier alpha value is -1.37. The number of nitrogens with zero attached hydrogens (tertiary/aromatic N) is 1. The van der Waals surface area contributed by atoms with Crippen molar-refractivity contribution in [2.24, 2.45) is 4.99 Å². The fourth-order valence-corrected chi connectivity index (χ4v) is 1.60. The lowest BCUT2D eigenvalue weighted by atomic mass is 10.1. The lowest BCUT2D eigenvalue weighted by Crippen LogP contribution is -1.98. The number of rotatable bonds is 3. The molecule has 0 aliphatic carbocycles. The second kappa shape index (κ2) is 5.50. The summed E-state index contributed by atoms with van der Waals surface area (Å²) in [5.74, 6) is 0. The van der Waals surface area contributed by atoms with Crippen LogP contribution in [0, 0.1) is 6.92 Å². The van der Waals surface area contributed by atoms with E-state index in [2.05, 4.69) is 56.1 Å². The van der Waals surface area contributed by atoms with Gasteiger partial charge in [-0.3, -0.25) is 4.99 Å². The van der Waals surface area contributed by atoms with Gasteiger partial charge in [0.1, 0.15) is 0 Å². The molecule has 1 heteroatoms. The summed E-state index contributed by atoms with van der Waals surface area (Å²) in [6, 6.07) is 8.36. The fourth-order valence-electron chi connectivity index (χ4n) is 1.60. The van der Waals surface area contributed by atoms with Gasteiger partial charge in [-0.25, -0.2) is 0 Å². The maximum absolute atomic E-state index is 4.62. The second-order valence-electron chi connectivity index (χ2n) is 3.65. The Morgan fingerprint density at radius 1 is 1.33 bits per heavy atom. The molecule has 0 saturated carbocycles. The number of hydrogen-bond acceptors (Lipinski definition) is 1. The molecule has 1 aromatic rings. The predicted octanol–water partition coefficient (Wildman–Crippen LogP) is 4.12. The molecule has 0 spiro atoms. The second-order valence-corrected chi connectivity index (χ2v) is 3.65. The molecule has 0 aliphatic heterocycles. The Balaban J connectivity index is 3.04. The number of allylic oxidation sites excluding steroid dienone is 2. The first-order valence-corrected chi connectivity index (χ1v) is 5.45. The molecule has 0 saturated heterocycles. The van der Waals surface area contributed by atoms with Crippen molar-refractivity contribution in [1.82, 2.24) is 0 Å². The van der Waals surface area contributed by atoms with Gasteiger partial charge in [-0.2, -0.15) is 0 Å². The van der Waals surface area contributed by atoms with Crippen LogP contribution >= 0.6 is 0 Å². The van der Waals surface area contributed by atoms with E-state index in [0.29, 0.717) is 0 Å². The van der Waals surface area contributed by atoms with Crippen molar-refractivity contribution in [3.63, 3.8) is 0 Å². The Kier molecular flexibility index (Phi) is 4.29. The summed E-state index contributed by atoms with van der Waals surface area (Å²) < 4.78 is 0. The van der Waals surface area contributed by atoms with E-state index in [-0.39, 0.29) is 0 Å². The highest BCUT2D eigenvalue weighted by molar-refractivity contribution is 6.00. The van der Waals surface area contributed by atoms with E-state index in [1.807, 2.05) is 6.92 Å². The van der Waals surface area contributed by atoms with Crippen LogP contribution in [0.2, 0.25) is 0 Å². The molecule has 0 heterocycles. The van der Waals surface area contributed by atoms with E-state index in [0.717, 1.165) is 17.8 Å². The monoisotopic (exact) mass is 201 g/mol. The van der Waals surface area contributed by atoms with Crippen LogP contribution in [0.15, 0.2) is 41.0 Å². The number of benzene rings is 1. The van der Waals surface area contributed by atoms with Crippen molar-refractivity contribution in [3.05, 3.63) is 47.2 Å². The zero-order chi connectivity index (χ0) is 11.3. The van der Waals surface area contributed by atoms with Gasteiger partial charge >= 0.3 is 0 Å². The molecule has 0 N–H and O–H groups in total. The molecular weight excluding hydrogens is 182 g/mol. The van der Waals surface area contributed by atoms with E-state index in [1.165, 1.54) is 11.1 Å². The minimum absolute atomic E-state index is 0.986. The van der Waals surface area contributed by atoms with Crippen LogP contribution in [-0.4, -0.2) is 5.71 Å². The zero-order valence-electron chi connectivity index (χ0n) is 10.0. The molecule has 0 atom stereocenters. The van der Waals surface area contributed by atoms with Crippen molar-refractivity contribution < 1.29 is 0 Å². The highest BCUT2D eigenvalue weighted by Gasteiger charge is 2.00. The number of aliphatic imine (C=N–C) groups is 1. The quantitative estimate of drug-likeness (QED) is 0.652. The topological polar surface area (TPSA) is 12.4 Å². The standard InChI is InChI=1S/C14H19N/c1-5-13(6-2)15-12(4)14-10-8-7-9-11(14)3/h5,7-10H,6H2,1-4H3/b13-5-,15-12?. The molecule has 0 bridgehead atoms. The maximum Gasteiger partial charge on any atom is 0.0450 e. The van der Waals surface area contributed by atoms with Crippen LogP contribution in [0.1, 0.15) is 38.3 Å². The third-order valence-corrected chi connectivity index (χ3v) is 2.54. The highest BCUT2D eigenvalue weighted by atomic mass is 14.7. The van der Waals surface area contributed by atoms with Gasteiger partial charge in [0, 0.05) is 11.4 Å². The molecule has 1 rings (SSSR count). The van der Waals surface area contributed by atoms with Crippen LogP contribution in [0.25, 0.3) is 0 Å². The molecule has 1 nitrogen and oxygen atoms in total. The Morgan fingerprint density at radius 2 is 2.00 bits per heavy atom. The summed E-state index contributed by atoms with van der Waals surface area (Å²) >= 11 is 0. The van der Waals surface area contributed by atoms with Crippen LogP contribution in [-0.2, 0) is 0 Å². The maximum atomic E-state index is 4.62. The van der Waals surface area contributed by atoms with Crippen LogP contribution in [0.3, 0.4) is 0 Å².